The summed E-state index contributed by atoms with van der Waals surface area (Å²) < 4.78 is 15.1. The zero-order valence-corrected chi connectivity index (χ0v) is 17.3. The molecule has 1 aliphatic heterocycles. The number of nitrogens with zero attached hydrogens (tertiary/aromatic N) is 3. The Hall–Kier alpha value is -4.26. The van der Waals surface area contributed by atoms with Crippen LogP contribution in [0.5, 0.6) is 0 Å². The molecule has 1 atom stereocenters. The normalized spacial score (nSPS) is 15.1. The van der Waals surface area contributed by atoms with Gasteiger partial charge in [0.2, 0.25) is 5.95 Å². The molecule has 1 aromatic heterocycles. The molecule has 0 spiro atoms. The van der Waals surface area contributed by atoms with Crippen molar-refractivity contribution in [1.82, 2.24) is 14.8 Å². The standard InChI is InChI=1S/C25H20FN5O/c1-16-21(24(32)28-20-10-6-3-7-11-20)22(17-8-4-2-5-9-17)31-25(27-16)29-23(30-31)18-12-14-19(26)15-13-18/h2-15,22H,1H3,(H,28,32)(H,27,29,30). The lowest BCUT2D eigenvalue weighted by Crippen LogP contribution is -2.31. The fourth-order valence-electron chi connectivity index (χ4n) is 3.83. The van der Waals surface area contributed by atoms with E-state index in [1.165, 1.54) is 12.1 Å². The van der Waals surface area contributed by atoms with Gasteiger partial charge in [-0.1, -0.05) is 48.5 Å². The number of halogens is 1. The van der Waals surface area contributed by atoms with Crippen molar-refractivity contribution in [2.45, 2.75) is 13.0 Å². The summed E-state index contributed by atoms with van der Waals surface area (Å²) in [5, 5.41) is 10.9. The van der Waals surface area contributed by atoms with Crippen molar-refractivity contribution < 1.29 is 9.18 Å². The number of hydrogen-bond donors (Lipinski definition) is 2. The fraction of sp³-hybridized carbons (Fsp3) is 0.0800. The second-order valence-corrected chi connectivity index (χ2v) is 7.51. The third-order valence-electron chi connectivity index (χ3n) is 5.35. The number of benzene rings is 3. The minimum atomic E-state index is -0.474. The lowest BCUT2D eigenvalue weighted by molar-refractivity contribution is -0.113. The molecule has 1 aliphatic rings. The van der Waals surface area contributed by atoms with Crippen molar-refractivity contribution in [3.63, 3.8) is 0 Å². The molecule has 5 rings (SSSR count). The Kier molecular flexibility index (Phi) is 4.99. The monoisotopic (exact) mass is 425 g/mol. The number of carbonyl (C=O) groups excluding carboxylic acids is 1. The van der Waals surface area contributed by atoms with E-state index in [2.05, 4.69) is 20.7 Å². The topological polar surface area (TPSA) is 71.8 Å². The molecule has 0 radical (unpaired) electrons. The molecule has 0 fully saturated rings. The van der Waals surface area contributed by atoms with Crippen molar-refractivity contribution in [1.29, 1.82) is 0 Å². The maximum Gasteiger partial charge on any atom is 0.255 e. The lowest BCUT2D eigenvalue weighted by atomic mass is 9.95. The summed E-state index contributed by atoms with van der Waals surface area (Å²) in [6, 6.07) is 24.6. The average Bonchev–Trinajstić information content (AvgIpc) is 3.23. The minimum Gasteiger partial charge on any atom is -0.328 e. The quantitative estimate of drug-likeness (QED) is 0.482. The first-order chi connectivity index (χ1) is 15.6. The van der Waals surface area contributed by atoms with Gasteiger partial charge in [-0.05, 0) is 48.9 Å². The highest BCUT2D eigenvalue weighted by Gasteiger charge is 2.34. The average molecular weight is 425 g/mol. The summed E-state index contributed by atoms with van der Waals surface area (Å²) in [5.74, 6) is 0.424. The summed E-state index contributed by atoms with van der Waals surface area (Å²) in [4.78, 5) is 18.0. The Morgan fingerprint density at radius 2 is 1.62 bits per heavy atom. The van der Waals surface area contributed by atoms with E-state index in [1.54, 1.807) is 16.8 Å². The van der Waals surface area contributed by atoms with Gasteiger partial charge in [0, 0.05) is 16.9 Å². The molecule has 0 bridgehead atoms. The number of carbonyl (C=O) groups is 1. The molecule has 0 saturated heterocycles. The molecule has 2 N–H and O–H groups in total. The second kappa shape index (κ2) is 8.11. The summed E-state index contributed by atoms with van der Waals surface area (Å²) in [6.07, 6.45) is 0. The Morgan fingerprint density at radius 3 is 2.31 bits per heavy atom. The van der Waals surface area contributed by atoms with Gasteiger partial charge in [0.25, 0.3) is 5.91 Å². The largest absolute Gasteiger partial charge is 0.328 e. The van der Waals surface area contributed by atoms with Crippen LogP contribution in [0.15, 0.2) is 96.2 Å². The van der Waals surface area contributed by atoms with Crippen LogP contribution >= 0.6 is 0 Å². The maximum absolute atomic E-state index is 13.4. The molecule has 0 saturated carbocycles. The van der Waals surface area contributed by atoms with E-state index in [1.807, 2.05) is 67.6 Å². The number of rotatable bonds is 4. The van der Waals surface area contributed by atoms with E-state index in [9.17, 15) is 9.18 Å². The van der Waals surface area contributed by atoms with E-state index < -0.39 is 6.04 Å². The van der Waals surface area contributed by atoms with Gasteiger partial charge in [0.15, 0.2) is 5.82 Å². The van der Waals surface area contributed by atoms with Crippen LogP contribution in [0.2, 0.25) is 0 Å². The number of allylic oxidation sites excluding steroid dienone is 1. The Morgan fingerprint density at radius 1 is 0.969 bits per heavy atom. The third-order valence-corrected chi connectivity index (χ3v) is 5.35. The summed E-state index contributed by atoms with van der Waals surface area (Å²) in [5.41, 5.74) is 3.54. The SMILES string of the molecule is CC1=C(C(=O)Nc2ccccc2)C(c2ccccc2)n2nc(-c3ccc(F)cc3)nc2N1. The zero-order chi connectivity index (χ0) is 22.1. The third kappa shape index (κ3) is 3.65. The Balaban J connectivity index is 1.59. The molecule has 4 aromatic rings. The van der Waals surface area contributed by atoms with E-state index in [-0.39, 0.29) is 11.7 Å². The predicted octanol–water partition coefficient (Wildman–Crippen LogP) is 5.01. The molecule has 3 aromatic carbocycles. The number of nitrogens with one attached hydrogen (secondary N) is 2. The van der Waals surface area contributed by atoms with Gasteiger partial charge >= 0.3 is 0 Å². The molecule has 7 heteroatoms. The van der Waals surface area contributed by atoms with Gasteiger partial charge in [0.05, 0.1) is 5.57 Å². The van der Waals surface area contributed by atoms with Gasteiger partial charge in [-0.25, -0.2) is 9.07 Å². The molecular weight excluding hydrogens is 405 g/mol. The van der Waals surface area contributed by atoms with Crippen molar-refractivity contribution in [2.24, 2.45) is 0 Å². The predicted molar refractivity (Wildman–Crippen MR) is 121 cm³/mol. The smallest absolute Gasteiger partial charge is 0.255 e. The van der Waals surface area contributed by atoms with Crippen LogP contribution in [0.1, 0.15) is 18.5 Å². The first kappa shape index (κ1) is 19.7. The fourth-order valence-corrected chi connectivity index (χ4v) is 3.83. The molecule has 32 heavy (non-hydrogen) atoms. The molecule has 1 amide bonds. The van der Waals surface area contributed by atoms with Gasteiger partial charge in [0.1, 0.15) is 11.9 Å². The summed E-state index contributed by atoms with van der Waals surface area (Å²) in [6.45, 7) is 1.85. The first-order valence-electron chi connectivity index (χ1n) is 10.2. The Bertz CT molecular complexity index is 1300. The highest BCUT2D eigenvalue weighted by atomic mass is 19.1. The van der Waals surface area contributed by atoms with Crippen LogP contribution in [0, 0.1) is 5.82 Å². The highest BCUT2D eigenvalue weighted by Crippen LogP contribution is 2.36. The lowest BCUT2D eigenvalue weighted by Gasteiger charge is -2.28. The maximum atomic E-state index is 13.4. The van der Waals surface area contributed by atoms with Gasteiger partial charge < -0.3 is 10.6 Å². The van der Waals surface area contributed by atoms with Crippen molar-refractivity contribution in [2.75, 3.05) is 10.6 Å². The van der Waals surface area contributed by atoms with Crippen molar-refractivity contribution in [3.8, 4) is 11.4 Å². The van der Waals surface area contributed by atoms with Crippen molar-refractivity contribution >= 4 is 17.5 Å². The van der Waals surface area contributed by atoms with E-state index >= 15 is 0 Å². The van der Waals surface area contributed by atoms with Gasteiger partial charge in [-0.3, -0.25) is 4.79 Å². The molecule has 2 heterocycles. The number of hydrogen-bond acceptors (Lipinski definition) is 4. The van der Waals surface area contributed by atoms with Crippen LogP contribution < -0.4 is 10.6 Å². The van der Waals surface area contributed by atoms with Crippen molar-refractivity contribution in [3.05, 3.63) is 108 Å². The molecule has 6 nitrogen and oxygen atoms in total. The number of amides is 1. The van der Waals surface area contributed by atoms with E-state index in [4.69, 9.17) is 0 Å². The van der Waals surface area contributed by atoms with Crippen LogP contribution in [0.4, 0.5) is 16.0 Å². The number of aromatic nitrogens is 3. The number of para-hydroxylation sites is 1. The second-order valence-electron chi connectivity index (χ2n) is 7.51. The molecular formula is C25H20FN5O. The molecule has 158 valence electrons. The summed E-state index contributed by atoms with van der Waals surface area (Å²) in [7, 11) is 0. The van der Waals surface area contributed by atoms with Gasteiger partial charge in [-0.2, -0.15) is 4.98 Å². The summed E-state index contributed by atoms with van der Waals surface area (Å²) >= 11 is 0. The van der Waals surface area contributed by atoms with Crippen LogP contribution in [0.25, 0.3) is 11.4 Å². The zero-order valence-electron chi connectivity index (χ0n) is 17.3. The molecule has 1 unspecified atom stereocenters. The number of fused-ring (bicyclic) bond motifs is 1. The minimum absolute atomic E-state index is 0.223. The van der Waals surface area contributed by atoms with E-state index in [0.29, 0.717) is 34.3 Å². The van der Waals surface area contributed by atoms with Crippen LogP contribution in [0.3, 0.4) is 0 Å². The van der Waals surface area contributed by atoms with Crippen LogP contribution in [-0.2, 0) is 4.79 Å². The highest BCUT2D eigenvalue weighted by molar-refractivity contribution is 6.06. The van der Waals surface area contributed by atoms with Gasteiger partial charge in [-0.15, -0.1) is 5.10 Å². The van der Waals surface area contributed by atoms with Crippen LogP contribution in [-0.4, -0.2) is 20.7 Å². The van der Waals surface area contributed by atoms with E-state index in [0.717, 1.165) is 5.56 Å². The number of anilines is 2. The first-order valence-corrected chi connectivity index (χ1v) is 10.2. The molecule has 0 aliphatic carbocycles. The Labute approximate surface area is 184 Å².